The van der Waals surface area contributed by atoms with Crippen molar-refractivity contribution in [2.24, 2.45) is 0 Å². The Morgan fingerprint density at radius 2 is 2.03 bits per heavy atom. The van der Waals surface area contributed by atoms with Gasteiger partial charge in [0.2, 0.25) is 5.89 Å². The highest BCUT2D eigenvalue weighted by Crippen LogP contribution is 2.16. The van der Waals surface area contributed by atoms with Gasteiger partial charge in [0.05, 0.1) is 26.9 Å². The zero-order chi connectivity index (χ0) is 23.6. The predicted octanol–water partition coefficient (Wildman–Crippen LogP) is 2.34. The van der Waals surface area contributed by atoms with Crippen molar-refractivity contribution >= 4 is 5.91 Å². The van der Waals surface area contributed by atoms with E-state index >= 15 is 0 Å². The van der Waals surface area contributed by atoms with Crippen LogP contribution in [0.1, 0.15) is 27.5 Å². The van der Waals surface area contributed by atoms with Crippen LogP contribution in [0.15, 0.2) is 59.5 Å². The molecule has 1 amide bonds. The molecule has 0 atom stereocenters. The first-order valence-corrected chi connectivity index (χ1v) is 11.5. The number of hydrogen-bond donors (Lipinski definition) is 1. The van der Waals surface area contributed by atoms with E-state index in [1.165, 1.54) is 6.26 Å². The summed E-state index contributed by atoms with van der Waals surface area (Å²) in [6.07, 6.45) is 4.84. The molecular weight excluding hydrogens is 434 g/mol. The smallest absolute Gasteiger partial charge is 0.273 e. The second kappa shape index (κ2) is 12.3. The van der Waals surface area contributed by atoms with Crippen LogP contribution in [0.5, 0.6) is 5.75 Å². The Kier molecular flexibility index (Phi) is 8.61. The van der Waals surface area contributed by atoms with Crippen molar-refractivity contribution in [2.75, 3.05) is 46.5 Å². The molecule has 1 aliphatic rings. The molecule has 0 aliphatic carbocycles. The molecular formula is C25H31N5O4. The molecule has 0 saturated carbocycles. The van der Waals surface area contributed by atoms with Gasteiger partial charge >= 0.3 is 0 Å². The number of carbonyl (C=O) groups excluding carboxylic acids is 1. The minimum Gasteiger partial charge on any atom is -0.497 e. The van der Waals surface area contributed by atoms with Gasteiger partial charge in [-0.25, -0.2) is 4.98 Å². The highest BCUT2D eigenvalue weighted by molar-refractivity contribution is 5.91. The van der Waals surface area contributed by atoms with Crippen molar-refractivity contribution in [1.82, 2.24) is 25.1 Å². The van der Waals surface area contributed by atoms with Crippen LogP contribution in [0.3, 0.4) is 0 Å². The number of amides is 1. The van der Waals surface area contributed by atoms with Gasteiger partial charge in [0.15, 0.2) is 5.69 Å². The molecule has 1 saturated heterocycles. The first-order valence-electron chi connectivity index (χ1n) is 11.5. The maximum absolute atomic E-state index is 12.5. The Morgan fingerprint density at radius 3 is 2.82 bits per heavy atom. The van der Waals surface area contributed by atoms with Crippen molar-refractivity contribution in [2.45, 2.75) is 19.6 Å². The number of nitrogens with zero attached hydrogens (tertiary/aromatic N) is 4. The molecule has 2 aromatic heterocycles. The largest absolute Gasteiger partial charge is 0.497 e. The molecule has 34 heavy (non-hydrogen) atoms. The van der Waals surface area contributed by atoms with E-state index in [1.807, 2.05) is 30.3 Å². The molecule has 1 aromatic carbocycles. The SMILES string of the molecule is COc1cccc(CN(CCN2CCOCC2)Cc2nc(C(=O)NCc3cccnc3)co2)c1. The number of carbonyl (C=O) groups is 1. The van der Waals surface area contributed by atoms with Crippen LogP contribution < -0.4 is 10.1 Å². The molecule has 9 heteroatoms. The third-order valence-electron chi connectivity index (χ3n) is 5.70. The Morgan fingerprint density at radius 1 is 1.18 bits per heavy atom. The Bertz CT molecular complexity index is 1040. The van der Waals surface area contributed by atoms with Gasteiger partial charge in [-0.15, -0.1) is 0 Å². The maximum atomic E-state index is 12.5. The van der Waals surface area contributed by atoms with Crippen molar-refractivity contribution in [3.8, 4) is 5.75 Å². The fraction of sp³-hybridized carbons (Fsp3) is 0.400. The van der Waals surface area contributed by atoms with Crippen LogP contribution >= 0.6 is 0 Å². The summed E-state index contributed by atoms with van der Waals surface area (Å²) in [5.74, 6) is 1.07. The number of ether oxygens (including phenoxy) is 2. The van der Waals surface area contributed by atoms with Crippen LogP contribution in [0.4, 0.5) is 0 Å². The molecule has 180 valence electrons. The summed E-state index contributed by atoms with van der Waals surface area (Å²) in [5.41, 5.74) is 2.34. The summed E-state index contributed by atoms with van der Waals surface area (Å²) in [6, 6.07) is 11.8. The summed E-state index contributed by atoms with van der Waals surface area (Å²) in [6.45, 7) is 6.77. The lowest BCUT2D eigenvalue weighted by atomic mass is 10.2. The second-order valence-corrected chi connectivity index (χ2v) is 8.19. The Balaban J connectivity index is 1.38. The van der Waals surface area contributed by atoms with Gasteiger partial charge < -0.3 is 19.2 Å². The van der Waals surface area contributed by atoms with Crippen LogP contribution in [-0.2, 0) is 24.4 Å². The van der Waals surface area contributed by atoms with Crippen molar-refractivity contribution in [1.29, 1.82) is 0 Å². The number of aromatic nitrogens is 2. The number of rotatable bonds is 11. The number of benzene rings is 1. The average molecular weight is 466 g/mol. The van der Waals surface area contributed by atoms with Crippen LogP contribution in [0, 0.1) is 0 Å². The lowest BCUT2D eigenvalue weighted by Gasteiger charge is -2.29. The second-order valence-electron chi connectivity index (χ2n) is 8.19. The first kappa shape index (κ1) is 23.9. The van der Waals surface area contributed by atoms with E-state index in [9.17, 15) is 4.79 Å². The first-order chi connectivity index (χ1) is 16.7. The van der Waals surface area contributed by atoms with Gasteiger partial charge in [-0.05, 0) is 29.3 Å². The van der Waals surface area contributed by atoms with Crippen molar-refractivity contribution < 1.29 is 18.7 Å². The quantitative estimate of drug-likeness (QED) is 0.461. The van der Waals surface area contributed by atoms with E-state index in [4.69, 9.17) is 13.9 Å². The maximum Gasteiger partial charge on any atom is 0.273 e. The highest BCUT2D eigenvalue weighted by Gasteiger charge is 2.17. The average Bonchev–Trinajstić information content (AvgIpc) is 3.36. The van der Waals surface area contributed by atoms with Gasteiger partial charge in [-0.3, -0.25) is 19.6 Å². The summed E-state index contributed by atoms with van der Waals surface area (Å²) in [5, 5.41) is 2.86. The number of oxazole rings is 1. The van der Waals surface area contributed by atoms with E-state index < -0.39 is 0 Å². The molecule has 1 N–H and O–H groups in total. The van der Waals surface area contributed by atoms with Gasteiger partial charge in [0, 0.05) is 51.7 Å². The van der Waals surface area contributed by atoms with Gasteiger partial charge in [0.25, 0.3) is 5.91 Å². The minimum absolute atomic E-state index is 0.272. The van der Waals surface area contributed by atoms with E-state index in [1.54, 1.807) is 19.5 Å². The number of morpholine rings is 1. The number of pyridine rings is 1. The monoisotopic (exact) mass is 465 g/mol. The Hall–Kier alpha value is -3.27. The van der Waals surface area contributed by atoms with Crippen LogP contribution in [0.25, 0.3) is 0 Å². The third-order valence-corrected chi connectivity index (χ3v) is 5.70. The topological polar surface area (TPSA) is 93.0 Å². The molecule has 0 radical (unpaired) electrons. The molecule has 1 aliphatic heterocycles. The zero-order valence-corrected chi connectivity index (χ0v) is 19.5. The Labute approximate surface area is 199 Å². The summed E-state index contributed by atoms with van der Waals surface area (Å²) < 4.78 is 16.5. The zero-order valence-electron chi connectivity index (χ0n) is 19.5. The predicted molar refractivity (Wildman–Crippen MR) is 126 cm³/mol. The minimum atomic E-state index is -0.272. The summed E-state index contributed by atoms with van der Waals surface area (Å²) >= 11 is 0. The van der Waals surface area contributed by atoms with E-state index in [-0.39, 0.29) is 11.6 Å². The molecule has 1 fully saturated rings. The van der Waals surface area contributed by atoms with Gasteiger partial charge in [-0.1, -0.05) is 18.2 Å². The van der Waals surface area contributed by atoms with E-state index in [0.717, 1.165) is 56.3 Å². The normalized spacial score (nSPS) is 14.3. The molecule has 4 rings (SSSR count). The number of nitrogens with one attached hydrogen (secondary N) is 1. The van der Waals surface area contributed by atoms with Gasteiger partial charge in [0.1, 0.15) is 12.0 Å². The lowest BCUT2D eigenvalue weighted by molar-refractivity contribution is 0.0320. The van der Waals surface area contributed by atoms with Crippen molar-refractivity contribution in [3.05, 3.63) is 77.8 Å². The lowest BCUT2D eigenvalue weighted by Crippen LogP contribution is -2.41. The van der Waals surface area contributed by atoms with Crippen molar-refractivity contribution in [3.63, 3.8) is 0 Å². The van der Waals surface area contributed by atoms with Crippen LogP contribution in [-0.4, -0.2) is 72.2 Å². The third kappa shape index (κ3) is 7.11. The number of hydrogen-bond acceptors (Lipinski definition) is 8. The van der Waals surface area contributed by atoms with E-state index in [2.05, 4.69) is 31.2 Å². The molecule has 3 heterocycles. The summed E-state index contributed by atoms with van der Waals surface area (Å²) in [4.78, 5) is 25.7. The fourth-order valence-corrected chi connectivity index (χ4v) is 3.81. The molecule has 9 nitrogen and oxygen atoms in total. The molecule has 0 spiro atoms. The number of methoxy groups -OCH3 is 1. The molecule has 0 bridgehead atoms. The van der Waals surface area contributed by atoms with Crippen LogP contribution in [0.2, 0.25) is 0 Å². The summed E-state index contributed by atoms with van der Waals surface area (Å²) in [7, 11) is 1.67. The molecule has 3 aromatic rings. The highest BCUT2D eigenvalue weighted by atomic mass is 16.5. The molecule has 0 unspecified atom stereocenters. The fourth-order valence-electron chi connectivity index (χ4n) is 3.81. The standard InChI is InChI=1S/C25H31N5O4/c1-32-22-6-2-4-20(14-22)17-30(9-8-29-10-12-33-13-11-29)18-24-28-23(19-34-24)25(31)27-16-21-5-3-7-26-15-21/h2-7,14-15,19H,8-13,16-18H2,1H3,(H,27,31). The van der Waals surface area contributed by atoms with Gasteiger partial charge in [-0.2, -0.15) is 0 Å². The van der Waals surface area contributed by atoms with E-state index in [0.29, 0.717) is 25.5 Å².